The highest BCUT2D eigenvalue weighted by molar-refractivity contribution is 5.09. The summed E-state index contributed by atoms with van der Waals surface area (Å²) in [4.78, 5) is 6.01. The highest BCUT2D eigenvalue weighted by atomic mass is 19.1. The smallest absolute Gasteiger partial charge is 0.141 e. The fourth-order valence-corrected chi connectivity index (χ4v) is 2.35. The third kappa shape index (κ3) is 4.37. The second kappa shape index (κ2) is 6.83. The van der Waals surface area contributed by atoms with E-state index in [4.69, 9.17) is 4.42 Å². The average Bonchev–Trinajstić information content (AvgIpc) is 2.83. The number of pyridine rings is 1. The summed E-state index contributed by atoms with van der Waals surface area (Å²) >= 11 is 0. The van der Waals surface area contributed by atoms with Gasteiger partial charge >= 0.3 is 0 Å². The Morgan fingerprint density at radius 1 is 1.33 bits per heavy atom. The van der Waals surface area contributed by atoms with Crippen LogP contribution in [-0.2, 0) is 6.54 Å². The Morgan fingerprint density at radius 3 is 2.67 bits per heavy atom. The summed E-state index contributed by atoms with van der Waals surface area (Å²) in [5, 5.41) is 10.3. The number of hydrogen-bond donors (Lipinski definition) is 1. The molecule has 0 aliphatic rings. The Bertz CT molecular complexity index is 568. The van der Waals surface area contributed by atoms with E-state index in [0.717, 1.165) is 17.7 Å². The summed E-state index contributed by atoms with van der Waals surface area (Å²) in [6, 6.07) is 6.72. The van der Waals surface area contributed by atoms with E-state index >= 15 is 0 Å². The van der Waals surface area contributed by atoms with Crippen LogP contribution in [0.1, 0.15) is 30.2 Å². The summed E-state index contributed by atoms with van der Waals surface area (Å²) in [6.45, 7) is 5.22. The Hall–Kier alpha value is -1.72. The van der Waals surface area contributed by atoms with Gasteiger partial charge in [0.15, 0.2) is 0 Å². The Labute approximate surface area is 124 Å². The number of furan rings is 1. The minimum Gasteiger partial charge on any atom is -0.465 e. The van der Waals surface area contributed by atoms with Crippen LogP contribution in [0.4, 0.5) is 4.39 Å². The first-order chi connectivity index (χ1) is 9.95. The molecule has 0 aliphatic heterocycles. The molecule has 2 aromatic heterocycles. The van der Waals surface area contributed by atoms with Crippen molar-refractivity contribution in [1.29, 1.82) is 0 Å². The largest absolute Gasteiger partial charge is 0.465 e. The van der Waals surface area contributed by atoms with Gasteiger partial charge < -0.3 is 9.52 Å². The molecule has 0 saturated carbocycles. The van der Waals surface area contributed by atoms with Crippen LogP contribution in [0.3, 0.4) is 0 Å². The molecule has 4 nitrogen and oxygen atoms in total. The minimum absolute atomic E-state index is 0.0241. The van der Waals surface area contributed by atoms with Crippen molar-refractivity contribution in [3.63, 3.8) is 0 Å². The van der Waals surface area contributed by atoms with E-state index < -0.39 is 11.9 Å². The first-order valence-corrected chi connectivity index (χ1v) is 6.99. The van der Waals surface area contributed by atoms with Gasteiger partial charge in [-0.05, 0) is 38.2 Å². The number of aryl methyl sites for hydroxylation is 1. The van der Waals surface area contributed by atoms with Crippen LogP contribution < -0.4 is 0 Å². The topological polar surface area (TPSA) is 49.5 Å². The maximum absolute atomic E-state index is 12.8. The molecule has 0 radical (unpaired) electrons. The van der Waals surface area contributed by atoms with Gasteiger partial charge in [-0.25, -0.2) is 4.39 Å². The number of rotatable bonds is 6. The van der Waals surface area contributed by atoms with E-state index in [1.807, 2.05) is 33.0 Å². The number of hydrogen-bond acceptors (Lipinski definition) is 4. The van der Waals surface area contributed by atoms with Gasteiger partial charge in [-0.15, -0.1) is 0 Å². The van der Waals surface area contributed by atoms with Crippen LogP contribution in [-0.4, -0.2) is 28.6 Å². The van der Waals surface area contributed by atoms with E-state index in [1.54, 1.807) is 0 Å². The van der Waals surface area contributed by atoms with Gasteiger partial charge in [0.2, 0.25) is 0 Å². The van der Waals surface area contributed by atoms with Crippen LogP contribution in [0.25, 0.3) is 0 Å². The third-order valence-corrected chi connectivity index (χ3v) is 3.41. The van der Waals surface area contributed by atoms with E-state index in [9.17, 15) is 9.50 Å². The summed E-state index contributed by atoms with van der Waals surface area (Å²) < 4.78 is 18.4. The number of aromatic nitrogens is 1. The van der Waals surface area contributed by atoms with E-state index in [0.29, 0.717) is 18.8 Å². The Kier molecular flexibility index (Phi) is 5.09. The molecule has 0 aromatic carbocycles. The first-order valence-electron chi connectivity index (χ1n) is 6.99. The Morgan fingerprint density at radius 2 is 2.10 bits per heavy atom. The van der Waals surface area contributed by atoms with Crippen molar-refractivity contribution >= 4 is 0 Å². The highest BCUT2D eigenvalue weighted by Crippen LogP contribution is 2.21. The molecule has 1 N–H and O–H groups in total. The van der Waals surface area contributed by atoms with Gasteiger partial charge in [-0.3, -0.25) is 9.88 Å². The SMILES string of the molecule is Cc1ccc(CN(C)CC(C)C(O)c2ccc(F)cn2)o1. The quantitative estimate of drug-likeness (QED) is 0.889. The van der Waals surface area contributed by atoms with Crippen molar-refractivity contribution in [2.45, 2.75) is 26.5 Å². The van der Waals surface area contributed by atoms with Crippen molar-refractivity contribution in [2.75, 3.05) is 13.6 Å². The first kappa shape index (κ1) is 15.7. The molecule has 2 unspecified atom stereocenters. The van der Waals surface area contributed by atoms with Gasteiger partial charge in [0.1, 0.15) is 17.3 Å². The minimum atomic E-state index is -0.716. The maximum Gasteiger partial charge on any atom is 0.141 e. The summed E-state index contributed by atoms with van der Waals surface area (Å²) in [7, 11) is 1.97. The number of aliphatic hydroxyl groups is 1. The molecule has 0 aliphatic carbocycles. The second-order valence-corrected chi connectivity index (χ2v) is 5.53. The molecule has 0 fully saturated rings. The van der Waals surface area contributed by atoms with Crippen LogP contribution in [0, 0.1) is 18.7 Å². The monoisotopic (exact) mass is 292 g/mol. The number of halogens is 1. The fourth-order valence-electron chi connectivity index (χ4n) is 2.35. The van der Waals surface area contributed by atoms with Gasteiger partial charge in [-0.2, -0.15) is 0 Å². The highest BCUT2D eigenvalue weighted by Gasteiger charge is 2.19. The summed E-state index contributed by atoms with van der Waals surface area (Å²) in [6.07, 6.45) is 0.409. The molecule has 0 saturated heterocycles. The number of aliphatic hydroxyl groups excluding tert-OH is 1. The van der Waals surface area contributed by atoms with Gasteiger partial charge in [0, 0.05) is 12.5 Å². The molecule has 114 valence electrons. The molecule has 0 amide bonds. The van der Waals surface area contributed by atoms with Crippen molar-refractivity contribution in [2.24, 2.45) is 5.92 Å². The van der Waals surface area contributed by atoms with Crippen molar-refractivity contribution < 1.29 is 13.9 Å². The van der Waals surface area contributed by atoms with Crippen LogP contribution in [0.5, 0.6) is 0 Å². The Balaban J connectivity index is 1.90. The van der Waals surface area contributed by atoms with E-state index in [1.165, 1.54) is 12.1 Å². The lowest BCUT2D eigenvalue weighted by Crippen LogP contribution is -2.27. The van der Waals surface area contributed by atoms with Gasteiger partial charge in [0.25, 0.3) is 0 Å². The zero-order valence-corrected chi connectivity index (χ0v) is 12.6. The van der Waals surface area contributed by atoms with Gasteiger partial charge in [-0.1, -0.05) is 6.92 Å². The zero-order valence-electron chi connectivity index (χ0n) is 12.6. The molecule has 0 spiro atoms. The zero-order chi connectivity index (χ0) is 15.4. The molecule has 2 aromatic rings. The lowest BCUT2D eigenvalue weighted by atomic mass is 10.0. The van der Waals surface area contributed by atoms with Crippen LogP contribution in [0.2, 0.25) is 0 Å². The third-order valence-electron chi connectivity index (χ3n) is 3.41. The summed E-state index contributed by atoms with van der Waals surface area (Å²) in [5.41, 5.74) is 0.492. The summed E-state index contributed by atoms with van der Waals surface area (Å²) in [5.74, 6) is 1.37. The molecule has 2 rings (SSSR count). The average molecular weight is 292 g/mol. The second-order valence-electron chi connectivity index (χ2n) is 5.53. The van der Waals surface area contributed by atoms with Crippen molar-refractivity contribution in [3.8, 4) is 0 Å². The van der Waals surface area contributed by atoms with Crippen molar-refractivity contribution in [1.82, 2.24) is 9.88 Å². The molecule has 2 heterocycles. The molecule has 0 bridgehead atoms. The molecular weight excluding hydrogens is 271 g/mol. The molecule has 21 heavy (non-hydrogen) atoms. The lowest BCUT2D eigenvalue weighted by Gasteiger charge is -2.24. The van der Waals surface area contributed by atoms with E-state index in [2.05, 4.69) is 9.88 Å². The van der Waals surface area contributed by atoms with Crippen LogP contribution >= 0.6 is 0 Å². The molecular formula is C16H21FN2O2. The predicted octanol–water partition coefficient (Wildman–Crippen LogP) is 2.92. The fraction of sp³-hybridized carbons (Fsp3) is 0.438. The lowest BCUT2D eigenvalue weighted by molar-refractivity contribution is 0.0880. The normalized spacial score (nSPS) is 14.4. The molecule has 5 heteroatoms. The number of nitrogens with zero attached hydrogens (tertiary/aromatic N) is 2. The standard InChI is InChI=1S/C16H21FN2O2/c1-11(16(20)15-7-5-13(17)8-18-15)9-19(3)10-14-6-4-12(2)21-14/h4-8,11,16,20H,9-10H2,1-3H3. The predicted molar refractivity (Wildman–Crippen MR) is 78.1 cm³/mol. The van der Waals surface area contributed by atoms with Crippen LogP contribution in [0.15, 0.2) is 34.9 Å². The van der Waals surface area contributed by atoms with E-state index in [-0.39, 0.29) is 5.92 Å². The maximum atomic E-state index is 12.8. The van der Waals surface area contributed by atoms with Crippen molar-refractivity contribution in [3.05, 3.63) is 53.5 Å². The molecule has 2 atom stereocenters. The van der Waals surface area contributed by atoms with Gasteiger partial charge in [0.05, 0.1) is 24.5 Å².